The maximum absolute atomic E-state index is 13.9. The van der Waals surface area contributed by atoms with E-state index in [-0.39, 0.29) is 17.5 Å². The molecule has 5 nitrogen and oxygen atoms in total. The number of methoxy groups -OCH3 is 1. The lowest BCUT2D eigenvalue weighted by Crippen LogP contribution is -2.06. The maximum atomic E-state index is 13.9. The normalized spacial score (nSPS) is 10.4. The van der Waals surface area contributed by atoms with Crippen LogP contribution >= 0.6 is 11.8 Å². The van der Waals surface area contributed by atoms with Crippen molar-refractivity contribution in [3.63, 3.8) is 0 Å². The molecule has 0 aliphatic carbocycles. The highest BCUT2D eigenvalue weighted by Crippen LogP contribution is 2.25. The van der Waals surface area contributed by atoms with Crippen molar-refractivity contribution in [2.45, 2.75) is 11.7 Å². The summed E-state index contributed by atoms with van der Waals surface area (Å²) in [5, 5.41) is 8.55. The Hall–Kier alpha value is -2.15. The van der Waals surface area contributed by atoms with Gasteiger partial charge in [-0.1, -0.05) is 30.0 Å². The number of carbonyl (C=O) groups excluding carboxylic acids is 1. The van der Waals surface area contributed by atoms with Crippen LogP contribution in [0.1, 0.15) is 0 Å². The zero-order valence-electron chi connectivity index (χ0n) is 11.5. The van der Waals surface area contributed by atoms with Gasteiger partial charge >= 0.3 is 5.97 Å². The number of allylic oxidation sites excluding steroid dienone is 1. The zero-order valence-corrected chi connectivity index (χ0v) is 12.3. The minimum atomic E-state index is -0.375. The van der Waals surface area contributed by atoms with Gasteiger partial charge in [0.2, 0.25) is 0 Å². The predicted molar refractivity (Wildman–Crippen MR) is 78.4 cm³/mol. The maximum Gasteiger partial charge on any atom is 0.316 e. The fourth-order valence-corrected chi connectivity index (χ4v) is 2.49. The Morgan fingerprint density at radius 3 is 2.90 bits per heavy atom. The molecule has 0 fully saturated rings. The third-order valence-corrected chi connectivity index (χ3v) is 3.63. The van der Waals surface area contributed by atoms with Gasteiger partial charge in [-0.2, -0.15) is 0 Å². The smallest absolute Gasteiger partial charge is 0.316 e. The van der Waals surface area contributed by atoms with Crippen molar-refractivity contribution in [2.75, 3.05) is 12.9 Å². The van der Waals surface area contributed by atoms with Crippen LogP contribution in [0.25, 0.3) is 11.4 Å². The number of hydrogen-bond donors (Lipinski definition) is 0. The van der Waals surface area contributed by atoms with Crippen molar-refractivity contribution in [3.8, 4) is 11.4 Å². The molecule has 0 amide bonds. The van der Waals surface area contributed by atoms with E-state index in [1.165, 1.54) is 24.9 Å². The van der Waals surface area contributed by atoms with Gasteiger partial charge in [-0.25, -0.2) is 4.39 Å². The summed E-state index contributed by atoms with van der Waals surface area (Å²) in [6.07, 6.45) is 1.66. The van der Waals surface area contributed by atoms with Crippen LogP contribution in [-0.4, -0.2) is 33.6 Å². The molecule has 0 aliphatic rings. The number of carbonyl (C=O) groups is 1. The Morgan fingerprint density at radius 1 is 1.48 bits per heavy atom. The summed E-state index contributed by atoms with van der Waals surface area (Å²) in [5.41, 5.74) is 0.358. The molecule has 0 saturated carbocycles. The van der Waals surface area contributed by atoms with Crippen LogP contribution in [-0.2, 0) is 16.1 Å². The van der Waals surface area contributed by atoms with Gasteiger partial charge in [0, 0.05) is 6.54 Å². The molecule has 1 aromatic heterocycles. The summed E-state index contributed by atoms with van der Waals surface area (Å²) >= 11 is 1.19. The number of aromatic nitrogens is 3. The van der Waals surface area contributed by atoms with Gasteiger partial charge in [-0.3, -0.25) is 9.36 Å². The second kappa shape index (κ2) is 7.03. The number of ether oxygens (including phenoxy) is 1. The average molecular weight is 307 g/mol. The first-order valence-electron chi connectivity index (χ1n) is 6.16. The van der Waals surface area contributed by atoms with E-state index in [2.05, 4.69) is 21.5 Å². The summed E-state index contributed by atoms with van der Waals surface area (Å²) in [5.74, 6) is -0.219. The van der Waals surface area contributed by atoms with Gasteiger partial charge in [0.1, 0.15) is 5.82 Å². The van der Waals surface area contributed by atoms with Crippen LogP contribution in [0, 0.1) is 5.82 Å². The van der Waals surface area contributed by atoms with Crippen molar-refractivity contribution in [1.29, 1.82) is 0 Å². The summed E-state index contributed by atoms with van der Waals surface area (Å²) < 4.78 is 20.2. The quantitative estimate of drug-likeness (QED) is 0.466. The lowest BCUT2D eigenvalue weighted by molar-refractivity contribution is -0.137. The molecule has 0 radical (unpaired) electrons. The molecular weight excluding hydrogens is 293 g/mol. The molecule has 7 heteroatoms. The van der Waals surface area contributed by atoms with Gasteiger partial charge in [-0.15, -0.1) is 16.8 Å². The highest BCUT2D eigenvalue weighted by atomic mass is 32.2. The van der Waals surface area contributed by atoms with Gasteiger partial charge in [-0.05, 0) is 12.1 Å². The molecule has 0 saturated heterocycles. The monoisotopic (exact) mass is 307 g/mol. The van der Waals surface area contributed by atoms with Crippen LogP contribution in [0.2, 0.25) is 0 Å². The Morgan fingerprint density at radius 2 is 2.24 bits per heavy atom. The van der Waals surface area contributed by atoms with Crippen molar-refractivity contribution in [3.05, 3.63) is 42.7 Å². The highest BCUT2D eigenvalue weighted by Gasteiger charge is 2.17. The molecule has 0 aliphatic heterocycles. The van der Waals surface area contributed by atoms with Crippen molar-refractivity contribution < 1.29 is 13.9 Å². The number of rotatable bonds is 6. The molecule has 110 valence electrons. The number of thioether (sulfide) groups is 1. The third-order valence-electron chi connectivity index (χ3n) is 2.69. The first-order chi connectivity index (χ1) is 10.2. The van der Waals surface area contributed by atoms with Crippen molar-refractivity contribution in [1.82, 2.24) is 14.8 Å². The lowest BCUT2D eigenvalue weighted by Gasteiger charge is -2.07. The van der Waals surface area contributed by atoms with E-state index in [1.807, 2.05) is 0 Å². The van der Waals surface area contributed by atoms with Crippen molar-refractivity contribution >= 4 is 17.7 Å². The predicted octanol–water partition coefficient (Wildman–Crippen LogP) is 2.54. The van der Waals surface area contributed by atoms with E-state index < -0.39 is 0 Å². The second-order valence-electron chi connectivity index (χ2n) is 4.05. The average Bonchev–Trinajstić information content (AvgIpc) is 2.88. The minimum absolute atomic E-state index is 0.114. The van der Waals surface area contributed by atoms with Gasteiger partial charge in [0.05, 0.1) is 18.4 Å². The topological polar surface area (TPSA) is 57.0 Å². The van der Waals surface area contributed by atoms with E-state index in [0.29, 0.717) is 23.1 Å². The molecule has 0 bridgehead atoms. The summed E-state index contributed by atoms with van der Waals surface area (Å²) in [6.45, 7) is 4.09. The largest absolute Gasteiger partial charge is 0.468 e. The van der Waals surface area contributed by atoms with Gasteiger partial charge in [0.25, 0.3) is 0 Å². The standard InChI is InChI=1S/C14H14FN3O2S/c1-3-8-18-13(10-6-4-5-7-11(10)15)16-17-14(18)21-9-12(19)20-2/h3-7H,1,8-9H2,2H3. The first-order valence-corrected chi connectivity index (χ1v) is 7.14. The molecule has 1 heterocycles. The van der Waals surface area contributed by atoms with Crippen LogP contribution in [0.4, 0.5) is 4.39 Å². The highest BCUT2D eigenvalue weighted by molar-refractivity contribution is 7.99. The molecule has 2 aromatic rings. The Bertz CT molecular complexity index is 657. The summed E-state index contributed by atoms with van der Waals surface area (Å²) in [6, 6.07) is 6.34. The first kappa shape index (κ1) is 15.2. The minimum Gasteiger partial charge on any atom is -0.468 e. The zero-order chi connectivity index (χ0) is 15.2. The van der Waals surface area contributed by atoms with Crippen molar-refractivity contribution in [2.24, 2.45) is 0 Å². The molecule has 0 spiro atoms. The van der Waals surface area contributed by atoms with E-state index >= 15 is 0 Å². The van der Waals surface area contributed by atoms with Crippen LogP contribution < -0.4 is 0 Å². The van der Waals surface area contributed by atoms with E-state index in [9.17, 15) is 9.18 Å². The van der Waals surface area contributed by atoms with Crippen LogP contribution in [0.3, 0.4) is 0 Å². The SMILES string of the molecule is C=CCn1c(SCC(=O)OC)nnc1-c1ccccc1F. The number of nitrogens with zero attached hydrogens (tertiary/aromatic N) is 3. The molecular formula is C14H14FN3O2S. The second-order valence-corrected chi connectivity index (χ2v) is 4.99. The molecule has 0 atom stereocenters. The summed E-state index contributed by atoms with van der Waals surface area (Å²) in [7, 11) is 1.32. The number of halogens is 1. The Labute approximate surface area is 125 Å². The van der Waals surface area contributed by atoms with Gasteiger partial charge in [0.15, 0.2) is 11.0 Å². The van der Waals surface area contributed by atoms with E-state index in [0.717, 1.165) is 0 Å². The number of hydrogen-bond acceptors (Lipinski definition) is 5. The van der Waals surface area contributed by atoms with Crippen LogP contribution in [0.5, 0.6) is 0 Å². The molecule has 0 N–H and O–H groups in total. The Kier molecular flexibility index (Phi) is 5.10. The van der Waals surface area contributed by atoms with E-state index in [1.54, 1.807) is 28.8 Å². The lowest BCUT2D eigenvalue weighted by atomic mass is 10.2. The third kappa shape index (κ3) is 3.49. The number of benzene rings is 1. The van der Waals surface area contributed by atoms with E-state index in [4.69, 9.17) is 0 Å². The Balaban J connectivity index is 2.35. The fraction of sp³-hybridized carbons (Fsp3) is 0.214. The molecule has 0 unspecified atom stereocenters. The van der Waals surface area contributed by atoms with Crippen LogP contribution in [0.15, 0.2) is 42.1 Å². The molecule has 2 rings (SSSR count). The number of esters is 1. The molecule has 21 heavy (non-hydrogen) atoms. The van der Waals surface area contributed by atoms with Gasteiger partial charge < -0.3 is 4.74 Å². The molecule has 1 aromatic carbocycles. The summed E-state index contributed by atoms with van der Waals surface area (Å²) in [4.78, 5) is 11.2. The fourth-order valence-electron chi connectivity index (χ4n) is 1.71.